The number of rotatable bonds is 5. The molecule has 0 unspecified atom stereocenters. The molecule has 2 aromatic carbocycles. The minimum atomic E-state index is -3.66. The van der Waals surface area contributed by atoms with Gasteiger partial charge in [-0.3, -0.25) is 4.72 Å². The molecule has 0 bridgehead atoms. The number of hydrogen-bond donors (Lipinski definition) is 2. The fraction of sp³-hybridized carbons (Fsp3) is 0.143. The maximum Gasteiger partial charge on any atom is 0.261 e. The van der Waals surface area contributed by atoms with Crippen LogP contribution >= 0.6 is 27.5 Å². The van der Waals surface area contributed by atoms with Crippen LogP contribution in [0.5, 0.6) is 0 Å². The Kier molecular flexibility index (Phi) is 5.27. The Morgan fingerprint density at radius 2 is 1.95 bits per heavy atom. The van der Waals surface area contributed by atoms with E-state index in [4.69, 9.17) is 11.6 Å². The average molecular weight is 390 g/mol. The van der Waals surface area contributed by atoms with Crippen LogP contribution in [-0.4, -0.2) is 15.5 Å². The normalized spacial score (nSPS) is 11.4. The molecular weight excluding hydrogens is 376 g/mol. The highest BCUT2D eigenvalue weighted by atomic mass is 79.9. The van der Waals surface area contributed by atoms with Gasteiger partial charge < -0.3 is 5.32 Å². The number of hydrogen-bond acceptors (Lipinski definition) is 3. The second-order valence-electron chi connectivity index (χ2n) is 4.40. The minimum absolute atomic E-state index is 0.132. The van der Waals surface area contributed by atoms with Gasteiger partial charge in [0.25, 0.3) is 10.0 Å². The summed E-state index contributed by atoms with van der Waals surface area (Å²) in [4.78, 5) is 0.132. The molecule has 0 saturated heterocycles. The number of sulfonamides is 1. The van der Waals surface area contributed by atoms with Gasteiger partial charge in [-0.1, -0.05) is 39.7 Å². The summed E-state index contributed by atoms with van der Waals surface area (Å²) in [7, 11) is -1.86. The van der Waals surface area contributed by atoms with E-state index in [1.807, 2.05) is 6.07 Å². The third-order valence-electron chi connectivity index (χ3n) is 2.78. The molecule has 0 aromatic heterocycles. The van der Waals surface area contributed by atoms with Gasteiger partial charge in [-0.2, -0.15) is 0 Å². The lowest BCUT2D eigenvalue weighted by atomic mass is 10.2. The van der Waals surface area contributed by atoms with E-state index in [0.29, 0.717) is 17.3 Å². The molecule has 0 spiro atoms. The lowest BCUT2D eigenvalue weighted by Crippen LogP contribution is -2.13. The Hall–Kier alpha value is -1.08. The van der Waals surface area contributed by atoms with Crippen LogP contribution in [0.2, 0.25) is 5.02 Å². The van der Waals surface area contributed by atoms with Crippen molar-refractivity contribution >= 4 is 43.2 Å². The Bertz CT molecular complexity index is 750. The van der Waals surface area contributed by atoms with Gasteiger partial charge in [0, 0.05) is 21.7 Å². The van der Waals surface area contributed by atoms with Crippen molar-refractivity contribution in [2.45, 2.75) is 11.4 Å². The molecule has 0 aliphatic heterocycles. The van der Waals surface area contributed by atoms with E-state index >= 15 is 0 Å². The monoisotopic (exact) mass is 388 g/mol. The highest BCUT2D eigenvalue weighted by Crippen LogP contribution is 2.24. The number of benzene rings is 2. The first-order chi connectivity index (χ1) is 9.92. The third-order valence-corrected chi connectivity index (χ3v) is 5.00. The Labute approximate surface area is 137 Å². The highest BCUT2D eigenvalue weighted by Gasteiger charge is 2.16. The molecule has 2 N–H and O–H groups in total. The number of anilines is 1. The van der Waals surface area contributed by atoms with E-state index in [2.05, 4.69) is 26.0 Å². The molecule has 2 rings (SSSR count). The first-order valence-electron chi connectivity index (χ1n) is 6.14. The van der Waals surface area contributed by atoms with Crippen molar-refractivity contribution in [3.8, 4) is 0 Å². The van der Waals surface area contributed by atoms with E-state index in [1.54, 1.807) is 37.4 Å². The number of halogens is 2. The standard InChI is InChI=1S/C14H14BrClN2O2S/c1-17-9-10-5-6-13(8-14(10)16)21(19,20)18-12-4-2-3-11(15)7-12/h2-8,17-18H,9H2,1H3. The van der Waals surface area contributed by atoms with Crippen LogP contribution in [0, 0.1) is 0 Å². The molecule has 4 nitrogen and oxygen atoms in total. The molecule has 0 aliphatic carbocycles. The van der Waals surface area contributed by atoms with Crippen LogP contribution in [0.3, 0.4) is 0 Å². The van der Waals surface area contributed by atoms with Crippen molar-refractivity contribution in [3.05, 3.63) is 57.5 Å². The van der Waals surface area contributed by atoms with Gasteiger partial charge in [0.2, 0.25) is 0 Å². The Morgan fingerprint density at radius 1 is 1.19 bits per heavy atom. The first kappa shape index (κ1) is 16.3. The summed E-state index contributed by atoms with van der Waals surface area (Å²) in [5, 5.41) is 3.39. The van der Waals surface area contributed by atoms with E-state index in [9.17, 15) is 8.42 Å². The van der Waals surface area contributed by atoms with Crippen molar-refractivity contribution in [2.24, 2.45) is 0 Å². The second-order valence-corrected chi connectivity index (χ2v) is 7.40. The Morgan fingerprint density at radius 3 is 2.57 bits per heavy atom. The molecule has 21 heavy (non-hydrogen) atoms. The summed E-state index contributed by atoms with van der Waals surface area (Å²) in [6.07, 6.45) is 0. The summed E-state index contributed by atoms with van der Waals surface area (Å²) >= 11 is 9.40. The van der Waals surface area contributed by atoms with E-state index < -0.39 is 10.0 Å². The highest BCUT2D eigenvalue weighted by molar-refractivity contribution is 9.10. The summed E-state index contributed by atoms with van der Waals surface area (Å²) in [6.45, 7) is 0.582. The summed E-state index contributed by atoms with van der Waals surface area (Å²) in [6, 6.07) is 11.6. The zero-order chi connectivity index (χ0) is 15.5. The van der Waals surface area contributed by atoms with E-state index in [1.165, 1.54) is 6.07 Å². The van der Waals surface area contributed by atoms with Crippen LogP contribution < -0.4 is 10.0 Å². The lowest BCUT2D eigenvalue weighted by molar-refractivity contribution is 0.601. The van der Waals surface area contributed by atoms with Gasteiger partial charge in [-0.15, -0.1) is 0 Å². The van der Waals surface area contributed by atoms with Crippen molar-refractivity contribution in [3.63, 3.8) is 0 Å². The Balaban J connectivity index is 2.29. The van der Waals surface area contributed by atoms with Gasteiger partial charge in [0.05, 0.1) is 4.90 Å². The van der Waals surface area contributed by atoms with Gasteiger partial charge in [-0.05, 0) is 42.9 Å². The number of nitrogens with one attached hydrogen (secondary N) is 2. The van der Waals surface area contributed by atoms with Crippen molar-refractivity contribution < 1.29 is 8.42 Å². The zero-order valence-corrected chi connectivity index (χ0v) is 14.4. The summed E-state index contributed by atoms with van der Waals surface area (Å²) in [5.74, 6) is 0. The quantitative estimate of drug-likeness (QED) is 0.821. The van der Waals surface area contributed by atoms with Crippen LogP contribution in [0.15, 0.2) is 51.8 Å². The topological polar surface area (TPSA) is 58.2 Å². The largest absolute Gasteiger partial charge is 0.316 e. The van der Waals surface area contributed by atoms with Crippen molar-refractivity contribution in [1.82, 2.24) is 5.32 Å². The molecule has 2 aromatic rings. The van der Waals surface area contributed by atoms with Crippen molar-refractivity contribution in [1.29, 1.82) is 0 Å². The molecule has 112 valence electrons. The molecule has 0 saturated carbocycles. The summed E-state index contributed by atoms with van der Waals surface area (Å²) in [5.41, 5.74) is 1.33. The van der Waals surface area contributed by atoms with Crippen LogP contribution in [-0.2, 0) is 16.6 Å². The third kappa shape index (κ3) is 4.20. The van der Waals surface area contributed by atoms with Crippen LogP contribution in [0.1, 0.15) is 5.56 Å². The average Bonchev–Trinajstić information content (AvgIpc) is 2.40. The first-order valence-corrected chi connectivity index (χ1v) is 8.79. The maximum absolute atomic E-state index is 12.3. The summed E-state index contributed by atoms with van der Waals surface area (Å²) < 4.78 is 28.0. The van der Waals surface area contributed by atoms with Gasteiger partial charge in [0.1, 0.15) is 0 Å². The molecule has 0 atom stereocenters. The molecule has 0 fully saturated rings. The molecule has 0 radical (unpaired) electrons. The van der Waals surface area contributed by atoms with E-state index in [-0.39, 0.29) is 4.90 Å². The van der Waals surface area contributed by atoms with Crippen molar-refractivity contribution in [2.75, 3.05) is 11.8 Å². The second kappa shape index (κ2) is 6.79. The predicted molar refractivity (Wildman–Crippen MR) is 89.2 cm³/mol. The molecule has 0 heterocycles. The van der Waals surface area contributed by atoms with Gasteiger partial charge >= 0.3 is 0 Å². The molecule has 0 aliphatic rings. The van der Waals surface area contributed by atoms with Crippen LogP contribution in [0.25, 0.3) is 0 Å². The molecule has 0 amide bonds. The van der Waals surface area contributed by atoms with E-state index in [0.717, 1.165) is 10.0 Å². The predicted octanol–water partition coefficient (Wildman–Crippen LogP) is 3.62. The SMILES string of the molecule is CNCc1ccc(S(=O)(=O)Nc2cccc(Br)c2)cc1Cl. The lowest BCUT2D eigenvalue weighted by Gasteiger charge is -2.10. The zero-order valence-electron chi connectivity index (χ0n) is 11.2. The fourth-order valence-corrected chi connectivity index (χ4v) is 3.58. The van der Waals surface area contributed by atoms with Gasteiger partial charge in [0.15, 0.2) is 0 Å². The van der Waals surface area contributed by atoms with Crippen LogP contribution in [0.4, 0.5) is 5.69 Å². The smallest absolute Gasteiger partial charge is 0.261 e. The molecular formula is C14H14BrClN2O2S. The fourth-order valence-electron chi connectivity index (χ4n) is 1.80. The molecule has 7 heteroatoms. The maximum atomic E-state index is 12.3. The van der Waals surface area contributed by atoms with Gasteiger partial charge in [-0.25, -0.2) is 8.42 Å². The minimum Gasteiger partial charge on any atom is -0.316 e.